The molecular formula is C28H25F3N2O4S. The van der Waals surface area contributed by atoms with Crippen molar-refractivity contribution in [3.63, 3.8) is 0 Å². The third-order valence-corrected chi connectivity index (χ3v) is 6.79. The van der Waals surface area contributed by atoms with Crippen LogP contribution in [0.4, 0.5) is 18.9 Å². The van der Waals surface area contributed by atoms with Crippen LogP contribution in [0.5, 0.6) is 0 Å². The topological polar surface area (TPSA) is 92.3 Å². The number of sulfonamides is 1. The Morgan fingerprint density at radius 2 is 1.55 bits per heavy atom. The molecule has 0 aliphatic heterocycles. The second kappa shape index (κ2) is 12.4. The third-order valence-electron chi connectivity index (χ3n) is 5.36. The predicted molar refractivity (Wildman–Crippen MR) is 138 cm³/mol. The number of unbranched alkanes of at least 4 members (excludes halogenated alkanes) is 2. The Bertz CT molecular complexity index is 1470. The van der Waals surface area contributed by atoms with E-state index in [2.05, 4.69) is 17.2 Å². The molecule has 0 unspecified atom stereocenters. The number of nitrogens with one attached hydrogen (secondary N) is 2. The summed E-state index contributed by atoms with van der Waals surface area (Å²) in [6, 6.07) is 16.4. The number of carbonyl (C=O) groups excluding carboxylic acids is 2. The van der Waals surface area contributed by atoms with Gasteiger partial charge in [0.2, 0.25) is 5.91 Å². The van der Waals surface area contributed by atoms with Crippen LogP contribution in [0.3, 0.4) is 0 Å². The maximum atomic E-state index is 12.9. The van der Waals surface area contributed by atoms with Gasteiger partial charge in [-0.2, -0.15) is 13.2 Å². The number of rotatable bonds is 8. The molecule has 0 spiro atoms. The Hall–Kier alpha value is -4.10. The number of benzene rings is 3. The smallest absolute Gasteiger partial charge is 0.322 e. The van der Waals surface area contributed by atoms with Crippen LogP contribution >= 0.6 is 0 Å². The maximum Gasteiger partial charge on any atom is 0.416 e. The van der Waals surface area contributed by atoms with Gasteiger partial charge in [0.25, 0.3) is 15.9 Å². The van der Waals surface area contributed by atoms with Crippen molar-refractivity contribution < 1.29 is 31.2 Å². The van der Waals surface area contributed by atoms with Gasteiger partial charge in [0, 0.05) is 23.2 Å². The summed E-state index contributed by atoms with van der Waals surface area (Å²) in [5.41, 5.74) is 0.104. The Labute approximate surface area is 219 Å². The second-order valence-electron chi connectivity index (χ2n) is 8.34. The van der Waals surface area contributed by atoms with Crippen LogP contribution in [-0.4, -0.2) is 20.2 Å². The monoisotopic (exact) mass is 542 g/mol. The minimum absolute atomic E-state index is 0.0600. The molecule has 0 bridgehead atoms. The van der Waals surface area contributed by atoms with Crippen LogP contribution in [0.15, 0.2) is 77.7 Å². The van der Waals surface area contributed by atoms with Gasteiger partial charge in [-0.1, -0.05) is 49.8 Å². The quantitative estimate of drug-likeness (QED) is 0.280. The number of anilines is 1. The SMILES string of the molecule is CCCCCC(=O)NS(=O)(=O)c1ccccc1C(=O)Nc1ccc(C#Cc2cccc(C(F)(F)F)c2)cc1. The average Bonchev–Trinajstić information content (AvgIpc) is 2.88. The molecule has 38 heavy (non-hydrogen) atoms. The highest BCUT2D eigenvalue weighted by Crippen LogP contribution is 2.29. The standard InChI is InChI=1S/C28H25F3N2O4S/c1-2-3-4-12-26(34)33-38(36,37)25-11-6-5-10-24(25)27(35)32-23-17-15-20(16-18-23)13-14-21-8-7-9-22(19-21)28(29,30)31/h5-11,15-19H,2-4,12H2,1H3,(H,32,35)(H,33,34). The lowest BCUT2D eigenvalue weighted by atomic mass is 10.1. The van der Waals surface area contributed by atoms with E-state index in [1.165, 1.54) is 48.5 Å². The van der Waals surface area contributed by atoms with Gasteiger partial charge in [-0.25, -0.2) is 13.1 Å². The molecule has 3 aromatic carbocycles. The molecule has 0 atom stereocenters. The summed E-state index contributed by atoms with van der Waals surface area (Å²) in [6.07, 6.45) is -2.17. The molecule has 3 rings (SSSR count). The van der Waals surface area contributed by atoms with Crippen LogP contribution in [0.25, 0.3) is 0 Å². The molecular weight excluding hydrogens is 517 g/mol. The molecule has 0 aliphatic rings. The summed E-state index contributed by atoms with van der Waals surface area (Å²) in [5.74, 6) is 4.10. The second-order valence-corrected chi connectivity index (χ2v) is 9.99. The van der Waals surface area contributed by atoms with E-state index in [9.17, 15) is 31.2 Å². The Morgan fingerprint density at radius 1 is 0.868 bits per heavy atom. The van der Waals surface area contributed by atoms with Crippen LogP contribution in [0.1, 0.15) is 59.7 Å². The number of amides is 2. The van der Waals surface area contributed by atoms with Gasteiger partial charge in [-0.05, 0) is 61.0 Å². The molecule has 3 aromatic rings. The largest absolute Gasteiger partial charge is 0.416 e. The molecule has 0 saturated carbocycles. The zero-order valence-corrected chi connectivity index (χ0v) is 21.2. The first kappa shape index (κ1) is 28.5. The van der Waals surface area contributed by atoms with E-state index >= 15 is 0 Å². The summed E-state index contributed by atoms with van der Waals surface area (Å²) < 4.78 is 66.2. The maximum absolute atomic E-state index is 12.9. The molecule has 0 heterocycles. The number of carbonyl (C=O) groups is 2. The lowest BCUT2D eigenvalue weighted by molar-refractivity contribution is -0.137. The van der Waals surface area contributed by atoms with Crippen molar-refractivity contribution in [1.29, 1.82) is 0 Å². The zero-order valence-electron chi connectivity index (χ0n) is 20.4. The normalized spacial score (nSPS) is 11.3. The highest BCUT2D eigenvalue weighted by atomic mass is 32.2. The minimum atomic E-state index is -4.46. The molecule has 10 heteroatoms. The molecule has 2 N–H and O–H groups in total. The fraction of sp³-hybridized carbons (Fsp3) is 0.214. The predicted octanol–water partition coefficient (Wildman–Crippen LogP) is 5.74. The van der Waals surface area contributed by atoms with E-state index in [0.717, 1.165) is 25.0 Å². The van der Waals surface area contributed by atoms with E-state index in [1.807, 2.05) is 11.6 Å². The van der Waals surface area contributed by atoms with Crippen molar-refractivity contribution in [2.45, 2.75) is 43.7 Å². The Balaban J connectivity index is 1.71. The van der Waals surface area contributed by atoms with Gasteiger partial charge < -0.3 is 5.32 Å². The van der Waals surface area contributed by atoms with Gasteiger partial charge in [0.15, 0.2) is 0 Å². The molecule has 0 aromatic heterocycles. The van der Waals surface area contributed by atoms with Gasteiger partial charge >= 0.3 is 6.18 Å². The van der Waals surface area contributed by atoms with Crippen LogP contribution in [0, 0.1) is 11.8 Å². The fourth-order valence-electron chi connectivity index (χ4n) is 3.43. The summed E-state index contributed by atoms with van der Waals surface area (Å²) >= 11 is 0. The van der Waals surface area contributed by atoms with Crippen molar-refractivity contribution in [1.82, 2.24) is 4.72 Å². The number of halogens is 3. The van der Waals surface area contributed by atoms with Crippen molar-refractivity contribution in [3.05, 3.63) is 95.1 Å². The summed E-state index contributed by atoms with van der Waals surface area (Å²) in [5, 5.41) is 2.60. The first-order valence-corrected chi connectivity index (χ1v) is 13.2. The van der Waals surface area contributed by atoms with E-state index in [4.69, 9.17) is 0 Å². The first-order valence-electron chi connectivity index (χ1n) is 11.7. The third kappa shape index (κ3) is 7.95. The van der Waals surface area contributed by atoms with E-state index in [0.29, 0.717) is 17.7 Å². The van der Waals surface area contributed by atoms with Crippen LogP contribution in [-0.2, 0) is 21.0 Å². The fourth-order valence-corrected chi connectivity index (χ4v) is 4.65. The highest BCUT2D eigenvalue weighted by molar-refractivity contribution is 7.90. The summed E-state index contributed by atoms with van der Waals surface area (Å²) in [4.78, 5) is 24.6. The molecule has 2 amide bonds. The average molecular weight is 543 g/mol. The van der Waals surface area contributed by atoms with E-state index in [-0.39, 0.29) is 22.4 Å². The zero-order chi connectivity index (χ0) is 27.8. The van der Waals surface area contributed by atoms with Gasteiger partial charge in [-0.3, -0.25) is 9.59 Å². The Kier molecular flexibility index (Phi) is 9.31. The lowest BCUT2D eigenvalue weighted by Gasteiger charge is -2.12. The molecule has 0 aliphatic carbocycles. The van der Waals surface area contributed by atoms with Crippen LogP contribution in [0.2, 0.25) is 0 Å². The van der Waals surface area contributed by atoms with Crippen molar-refractivity contribution in [2.24, 2.45) is 0 Å². The van der Waals surface area contributed by atoms with Gasteiger partial charge in [0.05, 0.1) is 11.1 Å². The number of alkyl halides is 3. The highest BCUT2D eigenvalue weighted by Gasteiger charge is 2.30. The summed E-state index contributed by atoms with van der Waals surface area (Å²) in [6.45, 7) is 1.96. The van der Waals surface area contributed by atoms with E-state index < -0.39 is 33.6 Å². The van der Waals surface area contributed by atoms with Gasteiger partial charge in [-0.15, -0.1) is 0 Å². The number of hydrogen-bond acceptors (Lipinski definition) is 4. The van der Waals surface area contributed by atoms with Crippen molar-refractivity contribution in [2.75, 3.05) is 5.32 Å². The van der Waals surface area contributed by atoms with E-state index in [1.54, 1.807) is 12.1 Å². The lowest BCUT2D eigenvalue weighted by Crippen LogP contribution is -2.32. The number of hydrogen-bond donors (Lipinski definition) is 2. The molecule has 0 saturated heterocycles. The first-order chi connectivity index (χ1) is 18.0. The summed E-state index contributed by atoms with van der Waals surface area (Å²) in [7, 11) is -4.27. The van der Waals surface area contributed by atoms with Crippen molar-refractivity contribution >= 4 is 27.5 Å². The minimum Gasteiger partial charge on any atom is -0.322 e. The van der Waals surface area contributed by atoms with Gasteiger partial charge in [0.1, 0.15) is 4.90 Å². The molecule has 198 valence electrons. The molecule has 0 fully saturated rings. The molecule has 6 nitrogen and oxygen atoms in total. The molecule has 0 radical (unpaired) electrons. The van der Waals surface area contributed by atoms with Crippen molar-refractivity contribution in [3.8, 4) is 11.8 Å². The Morgan fingerprint density at radius 3 is 2.24 bits per heavy atom. The van der Waals surface area contributed by atoms with Crippen LogP contribution < -0.4 is 10.0 Å².